The summed E-state index contributed by atoms with van der Waals surface area (Å²) in [5.41, 5.74) is 0. The Balaban J connectivity index is 2.57. The van der Waals surface area contributed by atoms with Gasteiger partial charge in [0.1, 0.15) is 6.07 Å². The summed E-state index contributed by atoms with van der Waals surface area (Å²) < 4.78 is 0. The van der Waals surface area contributed by atoms with Gasteiger partial charge in [0.2, 0.25) is 0 Å². The van der Waals surface area contributed by atoms with E-state index in [0.717, 1.165) is 6.54 Å². The van der Waals surface area contributed by atoms with Crippen LogP contribution < -0.4 is 0 Å². The number of hydrogen-bond donors (Lipinski definition) is 0. The average Bonchev–Trinajstić information content (AvgIpc) is 2.14. The van der Waals surface area contributed by atoms with Crippen LogP contribution in [-0.2, 0) is 0 Å². The smallest absolute Gasteiger partial charge is 0.189 e. The zero-order valence-electron chi connectivity index (χ0n) is 4.70. The van der Waals surface area contributed by atoms with Crippen molar-refractivity contribution in [3.8, 4) is 6.07 Å². The average molecular weight is 109 g/mol. The largest absolute Gasteiger partial charge is 0.268 e. The number of hydrogen-bond acceptors (Lipinski definition) is 3. The quantitative estimate of drug-likeness (QED) is 0.434. The van der Waals surface area contributed by atoms with E-state index in [1.54, 1.807) is 6.21 Å². The van der Waals surface area contributed by atoms with Crippen molar-refractivity contribution in [3.05, 3.63) is 0 Å². The fourth-order valence-electron chi connectivity index (χ4n) is 0.621. The zero-order chi connectivity index (χ0) is 5.98. The van der Waals surface area contributed by atoms with Crippen LogP contribution in [0.25, 0.3) is 0 Å². The van der Waals surface area contributed by atoms with Crippen LogP contribution >= 0.6 is 0 Å². The molecule has 1 aliphatic rings. The van der Waals surface area contributed by atoms with Gasteiger partial charge in [0.15, 0.2) is 6.17 Å². The van der Waals surface area contributed by atoms with E-state index >= 15 is 0 Å². The zero-order valence-corrected chi connectivity index (χ0v) is 4.70. The lowest BCUT2D eigenvalue weighted by atomic mass is 10.5. The lowest BCUT2D eigenvalue weighted by Crippen LogP contribution is -2.23. The third kappa shape index (κ3) is 0.703. The summed E-state index contributed by atoms with van der Waals surface area (Å²) in [6.07, 6.45) is 1.53. The Morgan fingerprint density at radius 1 is 2.00 bits per heavy atom. The number of nitrogens with zero attached hydrogens (tertiary/aromatic N) is 3. The van der Waals surface area contributed by atoms with Gasteiger partial charge in [0.05, 0.1) is 0 Å². The molecule has 1 aliphatic heterocycles. The molecule has 0 aromatic rings. The molecule has 0 saturated carbocycles. The molecule has 3 heteroatoms. The third-order valence-corrected chi connectivity index (χ3v) is 1.15. The van der Waals surface area contributed by atoms with Gasteiger partial charge >= 0.3 is 0 Å². The molecule has 0 fully saturated rings. The lowest BCUT2D eigenvalue weighted by molar-refractivity contribution is 0.361. The minimum Gasteiger partial charge on any atom is -0.268 e. The predicted molar refractivity (Wildman–Crippen MR) is 30.5 cm³/mol. The molecule has 0 bridgehead atoms. The summed E-state index contributed by atoms with van der Waals surface area (Å²) in [7, 11) is 1.88. The molecular formula is C5H7N3. The van der Waals surface area contributed by atoms with Crippen LogP contribution in [-0.4, -0.2) is 30.9 Å². The molecule has 1 unspecified atom stereocenters. The molecule has 0 aliphatic carbocycles. The summed E-state index contributed by atoms with van der Waals surface area (Å²) in [5, 5.41) is 8.33. The standard InChI is InChI=1S/C5H7N3/c1-8-3-2-7-5(8)4-6/h2,5H,3H2,1H3. The van der Waals surface area contributed by atoms with Gasteiger partial charge in [0, 0.05) is 12.8 Å². The Morgan fingerprint density at radius 2 is 2.75 bits per heavy atom. The van der Waals surface area contributed by atoms with E-state index in [9.17, 15) is 0 Å². The molecule has 1 rings (SSSR count). The molecular weight excluding hydrogens is 102 g/mol. The maximum Gasteiger partial charge on any atom is 0.189 e. The van der Waals surface area contributed by atoms with Crippen molar-refractivity contribution < 1.29 is 0 Å². The Hall–Kier alpha value is -0.880. The first kappa shape index (κ1) is 5.26. The Labute approximate surface area is 48.2 Å². The molecule has 0 aromatic heterocycles. The fraction of sp³-hybridized carbons (Fsp3) is 0.600. The molecule has 0 radical (unpaired) electrons. The van der Waals surface area contributed by atoms with E-state index in [1.807, 2.05) is 18.0 Å². The topological polar surface area (TPSA) is 39.4 Å². The molecule has 0 spiro atoms. The van der Waals surface area contributed by atoms with Crippen molar-refractivity contribution in [2.45, 2.75) is 6.17 Å². The van der Waals surface area contributed by atoms with Gasteiger partial charge in [0.25, 0.3) is 0 Å². The summed E-state index contributed by atoms with van der Waals surface area (Å²) in [4.78, 5) is 5.75. The van der Waals surface area contributed by atoms with Crippen molar-refractivity contribution >= 4 is 6.21 Å². The van der Waals surface area contributed by atoms with Crippen LogP contribution in [0.3, 0.4) is 0 Å². The summed E-state index contributed by atoms with van der Waals surface area (Å²) in [6, 6.07) is 2.04. The summed E-state index contributed by atoms with van der Waals surface area (Å²) in [6.45, 7) is 0.804. The van der Waals surface area contributed by atoms with Gasteiger partial charge in [-0.25, -0.2) is 0 Å². The van der Waals surface area contributed by atoms with Crippen molar-refractivity contribution in [2.75, 3.05) is 13.6 Å². The minimum atomic E-state index is -0.227. The molecule has 0 saturated heterocycles. The van der Waals surface area contributed by atoms with Crippen molar-refractivity contribution in [1.29, 1.82) is 5.26 Å². The van der Waals surface area contributed by atoms with Gasteiger partial charge in [-0.05, 0) is 7.05 Å². The monoisotopic (exact) mass is 109 g/mol. The normalized spacial score (nSPS) is 28.2. The number of rotatable bonds is 0. The van der Waals surface area contributed by atoms with Crippen molar-refractivity contribution in [1.82, 2.24) is 4.90 Å². The highest BCUT2D eigenvalue weighted by molar-refractivity contribution is 5.62. The van der Waals surface area contributed by atoms with Crippen molar-refractivity contribution in [2.24, 2.45) is 4.99 Å². The van der Waals surface area contributed by atoms with Crippen LogP contribution in [0.5, 0.6) is 0 Å². The Kier molecular flexibility index (Phi) is 1.27. The SMILES string of the molecule is CN1CC=NC1C#N. The summed E-state index contributed by atoms with van der Waals surface area (Å²) >= 11 is 0. The second-order valence-electron chi connectivity index (χ2n) is 1.77. The lowest BCUT2D eigenvalue weighted by Gasteiger charge is -2.07. The third-order valence-electron chi connectivity index (χ3n) is 1.15. The predicted octanol–water partition coefficient (Wildman–Crippen LogP) is -0.148. The molecule has 1 atom stereocenters. The molecule has 0 N–H and O–H groups in total. The van der Waals surface area contributed by atoms with E-state index in [4.69, 9.17) is 5.26 Å². The Bertz CT molecular complexity index is 144. The molecule has 1 heterocycles. The van der Waals surface area contributed by atoms with Crippen LogP contribution in [0.4, 0.5) is 0 Å². The first-order valence-electron chi connectivity index (χ1n) is 2.46. The second-order valence-corrected chi connectivity index (χ2v) is 1.77. The van der Waals surface area contributed by atoms with Gasteiger partial charge < -0.3 is 0 Å². The van der Waals surface area contributed by atoms with Gasteiger partial charge in [-0.2, -0.15) is 5.26 Å². The maximum absolute atomic E-state index is 8.33. The minimum absolute atomic E-state index is 0.227. The molecule has 0 amide bonds. The van der Waals surface area contributed by atoms with Crippen LogP contribution in [0.2, 0.25) is 0 Å². The highest BCUT2D eigenvalue weighted by Gasteiger charge is 2.13. The van der Waals surface area contributed by atoms with Gasteiger partial charge in [-0.15, -0.1) is 0 Å². The van der Waals surface area contributed by atoms with Crippen LogP contribution in [0.15, 0.2) is 4.99 Å². The van der Waals surface area contributed by atoms with Gasteiger partial charge in [-0.1, -0.05) is 0 Å². The highest BCUT2D eigenvalue weighted by atomic mass is 15.2. The molecule has 8 heavy (non-hydrogen) atoms. The van der Waals surface area contributed by atoms with Crippen molar-refractivity contribution in [3.63, 3.8) is 0 Å². The number of aliphatic imine (C=N–C) groups is 1. The van der Waals surface area contributed by atoms with E-state index in [-0.39, 0.29) is 6.17 Å². The molecule has 42 valence electrons. The summed E-state index contributed by atoms with van der Waals surface area (Å²) in [5.74, 6) is 0. The Morgan fingerprint density at radius 3 is 3.00 bits per heavy atom. The second kappa shape index (κ2) is 1.93. The fourth-order valence-corrected chi connectivity index (χ4v) is 0.621. The van der Waals surface area contributed by atoms with E-state index in [0.29, 0.717) is 0 Å². The molecule has 0 aromatic carbocycles. The van der Waals surface area contributed by atoms with E-state index in [2.05, 4.69) is 4.99 Å². The first-order chi connectivity index (χ1) is 3.84. The van der Waals surface area contributed by atoms with E-state index in [1.165, 1.54) is 0 Å². The van der Waals surface area contributed by atoms with Crippen LogP contribution in [0.1, 0.15) is 0 Å². The number of nitriles is 1. The van der Waals surface area contributed by atoms with E-state index < -0.39 is 0 Å². The highest BCUT2D eigenvalue weighted by Crippen LogP contribution is 1.99. The maximum atomic E-state index is 8.33. The molecule has 3 nitrogen and oxygen atoms in total. The first-order valence-corrected chi connectivity index (χ1v) is 2.46. The van der Waals surface area contributed by atoms with Gasteiger partial charge in [-0.3, -0.25) is 9.89 Å². The van der Waals surface area contributed by atoms with Crippen LogP contribution in [0, 0.1) is 11.3 Å².